The van der Waals surface area contributed by atoms with Crippen LogP contribution in [0, 0.1) is 6.92 Å². The van der Waals surface area contributed by atoms with Gasteiger partial charge in [-0.3, -0.25) is 0 Å². The van der Waals surface area contributed by atoms with Gasteiger partial charge in [0.25, 0.3) is 5.82 Å². The number of hydrogen-bond acceptors (Lipinski definition) is 5. The monoisotopic (exact) mass is 377 g/mol. The molecule has 0 N–H and O–H groups in total. The fourth-order valence-corrected chi connectivity index (χ4v) is 2.12. The summed E-state index contributed by atoms with van der Waals surface area (Å²) in [5.41, 5.74) is 0.579. The highest BCUT2D eigenvalue weighted by Gasteiger charge is 2.37. The molecule has 0 fully saturated rings. The molecule has 6 nitrogen and oxygen atoms in total. The van der Waals surface area contributed by atoms with E-state index in [1.165, 1.54) is 25.1 Å². The first-order chi connectivity index (χ1) is 12.0. The summed E-state index contributed by atoms with van der Waals surface area (Å²) in [7, 11) is 0. The number of alkyl halides is 6. The molecular weight excluding hydrogens is 368 g/mol. The zero-order valence-electron chi connectivity index (χ0n) is 12.9. The van der Waals surface area contributed by atoms with Crippen molar-refractivity contribution in [2.75, 3.05) is 6.61 Å². The number of fused-ring (bicyclic) bond motifs is 1. The van der Waals surface area contributed by atoms with E-state index in [4.69, 9.17) is 0 Å². The summed E-state index contributed by atoms with van der Waals surface area (Å²) >= 11 is 0. The van der Waals surface area contributed by atoms with Crippen LogP contribution >= 0.6 is 0 Å². The first-order valence-electron chi connectivity index (χ1n) is 7.01. The fourth-order valence-electron chi connectivity index (χ4n) is 2.12. The average Bonchev–Trinajstić information content (AvgIpc) is 2.96. The summed E-state index contributed by atoms with van der Waals surface area (Å²) in [5, 5.41) is 10.3. The third kappa shape index (κ3) is 3.68. The minimum Gasteiger partial charge on any atom is -0.468 e. The molecule has 0 aliphatic heterocycles. The SMILES string of the molecule is Cc1cc(-c2ccc3nnc(C(F)(F)F)n3n2)cnc1OCC(F)(F)F. The maximum atomic E-state index is 12.9. The Bertz CT molecular complexity index is 949. The summed E-state index contributed by atoms with van der Waals surface area (Å²) in [6, 6.07) is 4.09. The number of aryl methyl sites for hydroxylation is 1. The average molecular weight is 377 g/mol. The van der Waals surface area contributed by atoms with Gasteiger partial charge >= 0.3 is 12.4 Å². The highest BCUT2D eigenvalue weighted by Crippen LogP contribution is 2.29. The number of pyridine rings is 1. The maximum absolute atomic E-state index is 12.9. The Morgan fingerprint density at radius 1 is 1.08 bits per heavy atom. The van der Waals surface area contributed by atoms with Crippen molar-refractivity contribution < 1.29 is 31.1 Å². The van der Waals surface area contributed by atoms with Gasteiger partial charge in [0, 0.05) is 17.3 Å². The second-order valence-electron chi connectivity index (χ2n) is 5.26. The van der Waals surface area contributed by atoms with Crippen LogP contribution in [0.1, 0.15) is 11.4 Å². The molecule has 3 rings (SSSR count). The van der Waals surface area contributed by atoms with Gasteiger partial charge in [0.2, 0.25) is 5.88 Å². The van der Waals surface area contributed by atoms with E-state index < -0.39 is 24.8 Å². The van der Waals surface area contributed by atoms with E-state index in [0.717, 1.165) is 6.20 Å². The van der Waals surface area contributed by atoms with Gasteiger partial charge in [-0.25, -0.2) is 4.98 Å². The number of nitrogens with zero attached hydrogens (tertiary/aromatic N) is 5. The van der Waals surface area contributed by atoms with E-state index in [1.807, 2.05) is 0 Å². The van der Waals surface area contributed by atoms with Gasteiger partial charge in [-0.1, -0.05) is 0 Å². The molecule has 3 aromatic heterocycles. The van der Waals surface area contributed by atoms with Gasteiger partial charge < -0.3 is 4.74 Å². The minimum atomic E-state index is -4.74. The molecule has 0 bridgehead atoms. The number of aromatic nitrogens is 5. The lowest BCUT2D eigenvalue weighted by Gasteiger charge is -2.11. The van der Waals surface area contributed by atoms with Crippen LogP contribution in [-0.4, -0.2) is 37.6 Å². The molecule has 138 valence electrons. The lowest BCUT2D eigenvalue weighted by Crippen LogP contribution is -2.20. The predicted octanol–water partition coefficient (Wildman–Crippen LogP) is 3.45. The number of rotatable bonds is 3. The van der Waals surface area contributed by atoms with Crippen molar-refractivity contribution in [2.24, 2.45) is 0 Å². The summed E-state index contributed by atoms with van der Waals surface area (Å²) in [4.78, 5) is 3.77. The molecule has 0 amide bonds. The number of ether oxygens (including phenoxy) is 1. The lowest BCUT2D eigenvalue weighted by molar-refractivity contribution is -0.154. The molecule has 12 heteroatoms. The van der Waals surface area contributed by atoms with Crippen LogP contribution in [-0.2, 0) is 6.18 Å². The Kier molecular flexibility index (Phi) is 4.20. The predicted molar refractivity (Wildman–Crippen MR) is 75.3 cm³/mol. The molecule has 0 aromatic carbocycles. The summed E-state index contributed by atoms with van der Waals surface area (Å²) in [6.45, 7) is -0.0410. The second-order valence-corrected chi connectivity index (χ2v) is 5.26. The van der Waals surface area contributed by atoms with Crippen LogP contribution in [0.2, 0.25) is 0 Å². The molecule has 3 heterocycles. The van der Waals surface area contributed by atoms with Gasteiger partial charge in [0.1, 0.15) is 0 Å². The van der Waals surface area contributed by atoms with E-state index in [9.17, 15) is 26.3 Å². The zero-order chi connectivity index (χ0) is 19.1. The first kappa shape index (κ1) is 17.9. The number of halogens is 6. The highest BCUT2D eigenvalue weighted by molar-refractivity contribution is 5.61. The quantitative estimate of drug-likeness (QED) is 0.654. The van der Waals surface area contributed by atoms with E-state index in [-0.39, 0.29) is 22.8 Å². The van der Waals surface area contributed by atoms with E-state index >= 15 is 0 Å². The topological polar surface area (TPSA) is 65.2 Å². The van der Waals surface area contributed by atoms with Crippen LogP contribution in [0.4, 0.5) is 26.3 Å². The zero-order valence-corrected chi connectivity index (χ0v) is 12.9. The standard InChI is InChI=1S/C14H9F6N5O/c1-7-4-8(5-21-11(7)26-6-13(15,16)17)9-2-3-10-22-23-12(14(18,19)20)25(10)24-9/h2-5H,6H2,1H3. The molecule has 26 heavy (non-hydrogen) atoms. The normalized spacial score (nSPS) is 12.6. The van der Waals surface area contributed by atoms with Crippen LogP contribution < -0.4 is 4.74 Å². The summed E-state index contributed by atoms with van der Waals surface area (Å²) in [6.07, 6.45) is -8.10. The van der Waals surface area contributed by atoms with Gasteiger partial charge in [-0.2, -0.15) is 36.0 Å². The molecule has 0 atom stereocenters. The van der Waals surface area contributed by atoms with Crippen molar-refractivity contribution in [1.82, 2.24) is 24.8 Å². The molecule has 0 saturated heterocycles. The summed E-state index contributed by atoms with van der Waals surface area (Å²) < 4.78 is 80.4. The second kappa shape index (κ2) is 6.11. The fraction of sp³-hybridized carbons (Fsp3) is 0.286. The van der Waals surface area contributed by atoms with Crippen molar-refractivity contribution in [2.45, 2.75) is 19.3 Å². The van der Waals surface area contributed by atoms with Crippen molar-refractivity contribution >= 4 is 5.65 Å². The molecule has 0 aliphatic rings. The molecule has 0 spiro atoms. The molecule has 0 unspecified atom stereocenters. The van der Waals surface area contributed by atoms with Crippen molar-refractivity contribution in [3.05, 3.63) is 35.8 Å². The van der Waals surface area contributed by atoms with Gasteiger partial charge in [0.15, 0.2) is 12.3 Å². The lowest BCUT2D eigenvalue weighted by atomic mass is 10.1. The largest absolute Gasteiger partial charge is 0.468 e. The maximum Gasteiger partial charge on any atom is 0.453 e. The highest BCUT2D eigenvalue weighted by atomic mass is 19.4. The van der Waals surface area contributed by atoms with Crippen molar-refractivity contribution in [3.63, 3.8) is 0 Å². The Hall–Kier alpha value is -2.92. The Labute approximate surface area is 141 Å². The summed E-state index contributed by atoms with van der Waals surface area (Å²) in [5.74, 6) is -1.52. The van der Waals surface area contributed by atoms with Crippen molar-refractivity contribution in [3.8, 4) is 17.1 Å². The first-order valence-corrected chi connectivity index (χ1v) is 7.01. The Morgan fingerprint density at radius 2 is 1.81 bits per heavy atom. The van der Waals surface area contributed by atoms with Crippen LogP contribution in [0.3, 0.4) is 0 Å². The van der Waals surface area contributed by atoms with Gasteiger partial charge in [-0.15, -0.1) is 10.2 Å². The smallest absolute Gasteiger partial charge is 0.453 e. The number of hydrogen-bond donors (Lipinski definition) is 0. The van der Waals surface area contributed by atoms with Gasteiger partial charge in [0.05, 0.1) is 5.69 Å². The van der Waals surface area contributed by atoms with E-state index in [2.05, 4.69) is 25.0 Å². The molecular formula is C14H9F6N5O. The molecule has 3 aromatic rings. The van der Waals surface area contributed by atoms with E-state index in [1.54, 1.807) is 0 Å². The third-order valence-electron chi connectivity index (χ3n) is 3.21. The van der Waals surface area contributed by atoms with Crippen molar-refractivity contribution in [1.29, 1.82) is 0 Å². The molecule has 0 radical (unpaired) electrons. The van der Waals surface area contributed by atoms with Crippen LogP contribution in [0.15, 0.2) is 24.4 Å². The third-order valence-corrected chi connectivity index (χ3v) is 3.21. The Balaban J connectivity index is 1.95. The molecule has 0 saturated carbocycles. The molecule has 0 aliphatic carbocycles. The Morgan fingerprint density at radius 3 is 2.42 bits per heavy atom. The van der Waals surface area contributed by atoms with Crippen LogP contribution in [0.25, 0.3) is 16.9 Å². The van der Waals surface area contributed by atoms with Crippen LogP contribution in [0.5, 0.6) is 5.88 Å². The van der Waals surface area contributed by atoms with E-state index in [0.29, 0.717) is 10.1 Å². The minimum absolute atomic E-state index is 0.101. The van der Waals surface area contributed by atoms with Gasteiger partial charge in [-0.05, 0) is 25.1 Å².